The fourth-order valence-corrected chi connectivity index (χ4v) is 3.97. The van der Waals surface area contributed by atoms with Gasteiger partial charge in [-0.25, -0.2) is 9.18 Å². The van der Waals surface area contributed by atoms with Crippen LogP contribution in [0, 0.1) is 18.7 Å². The number of benzene rings is 1. The topological polar surface area (TPSA) is 82.8 Å². The maximum Gasteiger partial charge on any atom is 0.341 e. The van der Waals surface area contributed by atoms with Crippen LogP contribution < -0.4 is 10.3 Å². The van der Waals surface area contributed by atoms with Crippen molar-refractivity contribution in [3.63, 3.8) is 0 Å². The summed E-state index contributed by atoms with van der Waals surface area (Å²) < 4.78 is 16.7. The monoisotopic (exact) mass is 360 g/mol. The van der Waals surface area contributed by atoms with Gasteiger partial charge >= 0.3 is 5.97 Å². The minimum absolute atomic E-state index is 0.122. The van der Waals surface area contributed by atoms with E-state index in [1.165, 1.54) is 12.3 Å². The highest BCUT2D eigenvalue weighted by Crippen LogP contribution is 2.41. The van der Waals surface area contributed by atoms with Crippen LogP contribution in [-0.4, -0.2) is 40.4 Å². The molecule has 2 aliphatic rings. The number of aliphatic hydroxyl groups excluding tert-OH is 1. The highest BCUT2D eigenvalue weighted by molar-refractivity contribution is 5.95. The number of aromatic nitrogens is 1. The fraction of sp³-hybridized carbons (Fsp3) is 0.474. The Morgan fingerprint density at radius 3 is 2.62 bits per heavy atom. The second-order valence-corrected chi connectivity index (χ2v) is 7.33. The molecule has 2 N–H and O–H groups in total. The van der Waals surface area contributed by atoms with Gasteiger partial charge in [-0.2, -0.15) is 0 Å². The summed E-state index contributed by atoms with van der Waals surface area (Å²) in [6.45, 7) is 3.26. The first kappa shape index (κ1) is 17.0. The van der Waals surface area contributed by atoms with Crippen molar-refractivity contribution in [1.82, 2.24) is 4.57 Å². The third-order valence-electron chi connectivity index (χ3n) is 5.46. The van der Waals surface area contributed by atoms with Gasteiger partial charge in [-0.3, -0.25) is 4.79 Å². The molecule has 138 valence electrons. The van der Waals surface area contributed by atoms with Crippen molar-refractivity contribution >= 4 is 22.6 Å². The number of aliphatic hydroxyl groups is 1. The van der Waals surface area contributed by atoms with Crippen LogP contribution in [0.2, 0.25) is 0 Å². The van der Waals surface area contributed by atoms with Crippen molar-refractivity contribution in [2.75, 3.05) is 24.6 Å². The van der Waals surface area contributed by atoms with Gasteiger partial charge in [0.25, 0.3) is 0 Å². The number of halogens is 1. The Morgan fingerprint density at radius 1 is 1.35 bits per heavy atom. The van der Waals surface area contributed by atoms with E-state index < -0.39 is 17.2 Å². The van der Waals surface area contributed by atoms with Crippen LogP contribution in [-0.2, 0) is 0 Å². The molecule has 2 aromatic rings. The quantitative estimate of drug-likeness (QED) is 0.855. The predicted octanol–water partition coefficient (Wildman–Crippen LogP) is 2.30. The predicted molar refractivity (Wildman–Crippen MR) is 95.5 cm³/mol. The number of aryl methyl sites for hydroxylation is 1. The molecule has 1 aromatic carbocycles. The van der Waals surface area contributed by atoms with Crippen LogP contribution in [0.4, 0.5) is 10.1 Å². The van der Waals surface area contributed by atoms with E-state index in [0.717, 1.165) is 12.8 Å². The van der Waals surface area contributed by atoms with Gasteiger partial charge in [0.2, 0.25) is 5.43 Å². The number of carboxylic acids is 1. The number of carboxylic acid groups (broad SMARTS) is 1. The van der Waals surface area contributed by atoms with Gasteiger partial charge in [0, 0.05) is 37.3 Å². The molecular formula is C19H21FN2O4. The molecule has 0 amide bonds. The maximum atomic E-state index is 14.8. The number of pyridine rings is 1. The summed E-state index contributed by atoms with van der Waals surface area (Å²) in [4.78, 5) is 25.9. The molecule has 4 rings (SSSR count). The zero-order valence-electron chi connectivity index (χ0n) is 14.5. The fourth-order valence-electron chi connectivity index (χ4n) is 3.97. The zero-order valence-corrected chi connectivity index (χ0v) is 14.5. The molecular weight excluding hydrogens is 339 g/mol. The first-order valence-electron chi connectivity index (χ1n) is 8.89. The number of hydrogen-bond donors (Lipinski definition) is 2. The number of nitrogens with zero attached hydrogens (tertiary/aromatic N) is 2. The van der Waals surface area contributed by atoms with Gasteiger partial charge in [0.05, 0.1) is 11.2 Å². The second-order valence-electron chi connectivity index (χ2n) is 7.33. The molecule has 1 saturated carbocycles. The van der Waals surface area contributed by atoms with Gasteiger partial charge in [-0.1, -0.05) is 0 Å². The van der Waals surface area contributed by atoms with Gasteiger partial charge in [0.15, 0.2) is 0 Å². The summed E-state index contributed by atoms with van der Waals surface area (Å²) in [5, 5.41) is 18.5. The van der Waals surface area contributed by atoms with Gasteiger partial charge in [-0.15, -0.1) is 0 Å². The zero-order chi connectivity index (χ0) is 18.6. The van der Waals surface area contributed by atoms with E-state index in [-0.39, 0.29) is 23.6 Å². The van der Waals surface area contributed by atoms with E-state index in [0.29, 0.717) is 42.2 Å². The summed E-state index contributed by atoms with van der Waals surface area (Å²) >= 11 is 0. The van der Waals surface area contributed by atoms with E-state index >= 15 is 0 Å². The Labute approximate surface area is 149 Å². The largest absolute Gasteiger partial charge is 0.477 e. The number of hydrogen-bond acceptors (Lipinski definition) is 4. The lowest BCUT2D eigenvalue weighted by Gasteiger charge is -2.42. The average molecular weight is 360 g/mol. The second kappa shape index (κ2) is 6.09. The summed E-state index contributed by atoms with van der Waals surface area (Å²) in [6, 6.07) is 1.34. The lowest BCUT2D eigenvalue weighted by Crippen LogP contribution is -2.47. The summed E-state index contributed by atoms with van der Waals surface area (Å²) in [5.74, 6) is -1.45. The number of carbonyl (C=O) groups is 1. The highest BCUT2D eigenvalue weighted by atomic mass is 19.1. The Balaban J connectivity index is 1.89. The molecule has 0 radical (unpaired) electrons. The average Bonchev–Trinajstić information content (AvgIpc) is 3.37. The van der Waals surface area contributed by atoms with Crippen molar-refractivity contribution in [3.8, 4) is 0 Å². The molecule has 26 heavy (non-hydrogen) atoms. The molecule has 1 saturated heterocycles. The summed E-state index contributed by atoms with van der Waals surface area (Å²) in [6.07, 6.45) is 3.94. The van der Waals surface area contributed by atoms with Crippen LogP contribution in [0.5, 0.6) is 0 Å². The molecule has 0 bridgehead atoms. The van der Waals surface area contributed by atoms with Crippen molar-refractivity contribution in [1.29, 1.82) is 0 Å². The first-order chi connectivity index (χ1) is 12.4. The smallest absolute Gasteiger partial charge is 0.341 e. The standard InChI is InChI=1S/C19H21FN2O4/c1-10-16-13(6-15(20)17(10)21-7-11(8-21)4-5-23)18(24)14(19(25)26)9-22(16)12-2-3-12/h6,9,11-12,23H,2-5,7-8H2,1H3,(H,25,26). The Hall–Kier alpha value is -2.41. The lowest BCUT2D eigenvalue weighted by molar-refractivity contribution is 0.0695. The molecule has 7 heteroatoms. The van der Waals surface area contributed by atoms with Crippen molar-refractivity contribution in [2.45, 2.75) is 32.2 Å². The molecule has 2 heterocycles. The van der Waals surface area contributed by atoms with Crippen LogP contribution in [0.25, 0.3) is 10.9 Å². The SMILES string of the molecule is Cc1c(N2CC(CCO)C2)c(F)cc2c(=O)c(C(=O)O)cn(C3CC3)c12. The number of fused-ring (bicyclic) bond motifs is 1. The van der Waals surface area contributed by atoms with E-state index in [1.807, 2.05) is 9.47 Å². The molecule has 6 nitrogen and oxygen atoms in total. The minimum Gasteiger partial charge on any atom is -0.477 e. The molecule has 0 spiro atoms. The number of anilines is 1. The molecule has 1 aliphatic heterocycles. The van der Waals surface area contributed by atoms with Crippen LogP contribution in [0.1, 0.15) is 41.2 Å². The maximum absolute atomic E-state index is 14.8. The van der Waals surface area contributed by atoms with Crippen LogP contribution in [0.15, 0.2) is 17.1 Å². The Morgan fingerprint density at radius 2 is 2.04 bits per heavy atom. The first-order valence-corrected chi connectivity index (χ1v) is 8.89. The van der Waals surface area contributed by atoms with E-state index in [2.05, 4.69) is 0 Å². The van der Waals surface area contributed by atoms with Crippen molar-refractivity contribution in [2.24, 2.45) is 5.92 Å². The van der Waals surface area contributed by atoms with Crippen LogP contribution >= 0.6 is 0 Å². The molecule has 0 unspecified atom stereocenters. The highest BCUT2D eigenvalue weighted by Gasteiger charge is 2.33. The van der Waals surface area contributed by atoms with Crippen molar-refractivity contribution < 1.29 is 19.4 Å². The van der Waals surface area contributed by atoms with E-state index in [1.54, 1.807) is 6.92 Å². The summed E-state index contributed by atoms with van der Waals surface area (Å²) in [7, 11) is 0. The number of aromatic carboxylic acids is 1. The lowest BCUT2D eigenvalue weighted by atomic mass is 9.94. The van der Waals surface area contributed by atoms with E-state index in [9.17, 15) is 19.1 Å². The normalized spacial score (nSPS) is 17.6. The Kier molecular flexibility index (Phi) is 3.99. The van der Waals surface area contributed by atoms with Gasteiger partial charge < -0.3 is 19.7 Å². The molecule has 2 fully saturated rings. The molecule has 1 aromatic heterocycles. The summed E-state index contributed by atoms with van der Waals surface area (Å²) in [5.41, 5.74) is 0.819. The minimum atomic E-state index is -1.29. The molecule has 0 atom stereocenters. The van der Waals surface area contributed by atoms with Crippen molar-refractivity contribution in [3.05, 3.63) is 39.4 Å². The van der Waals surface area contributed by atoms with Gasteiger partial charge in [0.1, 0.15) is 11.4 Å². The Bertz CT molecular complexity index is 958. The van der Waals surface area contributed by atoms with E-state index in [4.69, 9.17) is 5.11 Å². The van der Waals surface area contributed by atoms with Crippen LogP contribution in [0.3, 0.4) is 0 Å². The third-order valence-corrected chi connectivity index (χ3v) is 5.46. The van der Waals surface area contributed by atoms with Gasteiger partial charge in [-0.05, 0) is 43.7 Å². The third kappa shape index (κ3) is 2.58. The molecule has 1 aliphatic carbocycles. The number of rotatable bonds is 5.